The Hall–Kier alpha value is -2.23. The molecule has 2 aromatic rings. The molecule has 3 nitrogen and oxygen atoms in total. The van der Waals surface area contributed by atoms with E-state index in [-0.39, 0.29) is 11.5 Å². The van der Waals surface area contributed by atoms with E-state index >= 15 is 0 Å². The van der Waals surface area contributed by atoms with E-state index in [4.69, 9.17) is 0 Å². The van der Waals surface area contributed by atoms with Gasteiger partial charge in [0.15, 0.2) is 0 Å². The summed E-state index contributed by atoms with van der Waals surface area (Å²) in [4.78, 5) is 17.5. The van der Waals surface area contributed by atoms with E-state index in [1.165, 1.54) is 12.3 Å². The molecule has 1 amide bonds. The molecule has 0 bridgehead atoms. The van der Waals surface area contributed by atoms with Crippen molar-refractivity contribution in [2.24, 2.45) is 0 Å². The number of nitrogens with zero attached hydrogens (tertiary/aromatic N) is 2. The van der Waals surface area contributed by atoms with Crippen molar-refractivity contribution in [3.05, 3.63) is 65.2 Å². The molecule has 2 rings (SSSR count). The van der Waals surface area contributed by atoms with Gasteiger partial charge in [-0.05, 0) is 31.5 Å². The standard InChI is InChI=1S/C16H17FN2O/c1-3-19(11-13-7-4-6-12(2)10-13)16(20)14-8-5-9-18-15(14)17/h4-10H,3,11H2,1-2H3. The molecule has 0 saturated carbocycles. The van der Waals surface area contributed by atoms with Crippen molar-refractivity contribution >= 4 is 5.91 Å². The van der Waals surface area contributed by atoms with Crippen LogP contribution >= 0.6 is 0 Å². The molecular weight excluding hydrogens is 255 g/mol. The highest BCUT2D eigenvalue weighted by Crippen LogP contribution is 2.12. The molecule has 1 aromatic heterocycles. The highest BCUT2D eigenvalue weighted by Gasteiger charge is 2.18. The van der Waals surface area contributed by atoms with Gasteiger partial charge in [0, 0.05) is 19.3 Å². The predicted molar refractivity (Wildman–Crippen MR) is 75.8 cm³/mol. The number of hydrogen-bond donors (Lipinski definition) is 0. The summed E-state index contributed by atoms with van der Waals surface area (Å²) < 4.78 is 13.6. The van der Waals surface area contributed by atoms with Gasteiger partial charge in [0.1, 0.15) is 0 Å². The zero-order valence-electron chi connectivity index (χ0n) is 11.6. The molecule has 0 fully saturated rings. The number of aryl methyl sites for hydroxylation is 1. The number of aromatic nitrogens is 1. The summed E-state index contributed by atoms with van der Waals surface area (Å²) in [5, 5.41) is 0. The van der Waals surface area contributed by atoms with Crippen LogP contribution in [-0.2, 0) is 6.54 Å². The minimum absolute atomic E-state index is 0.0157. The van der Waals surface area contributed by atoms with Crippen LogP contribution in [0.4, 0.5) is 4.39 Å². The molecule has 104 valence electrons. The van der Waals surface area contributed by atoms with E-state index in [2.05, 4.69) is 4.98 Å². The van der Waals surface area contributed by atoms with Gasteiger partial charge in [-0.2, -0.15) is 4.39 Å². The van der Waals surface area contributed by atoms with Crippen molar-refractivity contribution in [2.75, 3.05) is 6.54 Å². The lowest BCUT2D eigenvalue weighted by atomic mass is 10.1. The third-order valence-corrected chi connectivity index (χ3v) is 3.11. The molecule has 0 saturated heterocycles. The number of hydrogen-bond acceptors (Lipinski definition) is 2. The molecular formula is C16H17FN2O. The van der Waals surface area contributed by atoms with Gasteiger partial charge >= 0.3 is 0 Å². The molecule has 1 heterocycles. The van der Waals surface area contributed by atoms with Crippen LogP contribution in [0.3, 0.4) is 0 Å². The fourth-order valence-electron chi connectivity index (χ4n) is 2.07. The molecule has 0 aliphatic heterocycles. The normalized spacial score (nSPS) is 10.3. The molecule has 4 heteroatoms. The fourth-order valence-corrected chi connectivity index (χ4v) is 2.07. The molecule has 0 radical (unpaired) electrons. The van der Waals surface area contributed by atoms with Gasteiger partial charge in [0.05, 0.1) is 5.56 Å². The average Bonchev–Trinajstić information content (AvgIpc) is 2.44. The molecule has 0 unspecified atom stereocenters. The predicted octanol–water partition coefficient (Wildman–Crippen LogP) is 3.19. The Morgan fingerprint density at radius 1 is 1.30 bits per heavy atom. The zero-order chi connectivity index (χ0) is 14.5. The summed E-state index contributed by atoms with van der Waals surface area (Å²) in [6, 6.07) is 11.0. The monoisotopic (exact) mass is 272 g/mol. The summed E-state index contributed by atoms with van der Waals surface area (Å²) in [7, 11) is 0. The van der Waals surface area contributed by atoms with Crippen LogP contribution in [0, 0.1) is 12.9 Å². The second-order valence-electron chi connectivity index (χ2n) is 4.65. The van der Waals surface area contributed by atoms with Crippen LogP contribution in [-0.4, -0.2) is 22.3 Å². The second kappa shape index (κ2) is 6.28. The van der Waals surface area contributed by atoms with Crippen LogP contribution < -0.4 is 0 Å². The molecule has 0 aliphatic rings. The maximum absolute atomic E-state index is 13.6. The summed E-state index contributed by atoms with van der Waals surface area (Å²) >= 11 is 0. The van der Waals surface area contributed by atoms with Gasteiger partial charge in [-0.25, -0.2) is 4.98 Å². The Morgan fingerprint density at radius 3 is 2.75 bits per heavy atom. The van der Waals surface area contributed by atoms with Crippen molar-refractivity contribution in [2.45, 2.75) is 20.4 Å². The largest absolute Gasteiger partial charge is 0.334 e. The third kappa shape index (κ3) is 3.20. The number of halogens is 1. The van der Waals surface area contributed by atoms with Gasteiger partial charge in [-0.15, -0.1) is 0 Å². The summed E-state index contributed by atoms with van der Waals surface area (Å²) in [6.07, 6.45) is 1.34. The van der Waals surface area contributed by atoms with E-state index in [1.807, 2.05) is 38.1 Å². The number of pyridine rings is 1. The quantitative estimate of drug-likeness (QED) is 0.801. The Morgan fingerprint density at radius 2 is 2.10 bits per heavy atom. The van der Waals surface area contributed by atoms with E-state index < -0.39 is 5.95 Å². The number of carbonyl (C=O) groups is 1. The van der Waals surface area contributed by atoms with Crippen molar-refractivity contribution in [3.63, 3.8) is 0 Å². The van der Waals surface area contributed by atoms with E-state index in [0.717, 1.165) is 11.1 Å². The van der Waals surface area contributed by atoms with Crippen molar-refractivity contribution in [1.29, 1.82) is 0 Å². The van der Waals surface area contributed by atoms with Crippen LogP contribution in [0.1, 0.15) is 28.4 Å². The van der Waals surface area contributed by atoms with Crippen LogP contribution in [0.2, 0.25) is 0 Å². The van der Waals surface area contributed by atoms with E-state index in [0.29, 0.717) is 13.1 Å². The smallest absolute Gasteiger partial charge is 0.258 e. The Bertz CT molecular complexity index is 613. The first-order chi connectivity index (χ1) is 9.61. The Kier molecular flexibility index (Phi) is 4.45. The lowest BCUT2D eigenvalue weighted by Crippen LogP contribution is -2.31. The summed E-state index contributed by atoms with van der Waals surface area (Å²) in [6.45, 7) is 4.86. The number of benzene rings is 1. The van der Waals surface area contributed by atoms with Crippen molar-refractivity contribution < 1.29 is 9.18 Å². The van der Waals surface area contributed by atoms with Gasteiger partial charge in [-0.1, -0.05) is 29.8 Å². The lowest BCUT2D eigenvalue weighted by Gasteiger charge is -2.21. The highest BCUT2D eigenvalue weighted by atomic mass is 19.1. The third-order valence-electron chi connectivity index (χ3n) is 3.11. The van der Waals surface area contributed by atoms with E-state index in [9.17, 15) is 9.18 Å². The molecule has 0 atom stereocenters. The maximum Gasteiger partial charge on any atom is 0.258 e. The molecule has 0 N–H and O–H groups in total. The Labute approximate surface area is 118 Å². The number of carbonyl (C=O) groups excluding carboxylic acids is 1. The summed E-state index contributed by atoms with van der Waals surface area (Å²) in [5.74, 6) is -1.06. The first-order valence-corrected chi connectivity index (χ1v) is 6.57. The molecule has 0 aliphatic carbocycles. The highest BCUT2D eigenvalue weighted by molar-refractivity contribution is 5.94. The SMILES string of the molecule is CCN(Cc1cccc(C)c1)C(=O)c1cccnc1F. The summed E-state index contributed by atoms with van der Waals surface area (Å²) in [5.41, 5.74) is 2.19. The van der Waals surface area contributed by atoms with Gasteiger partial charge in [0.25, 0.3) is 5.91 Å². The first kappa shape index (κ1) is 14.2. The first-order valence-electron chi connectivity index (χ1n) is 6.57. The number of rotatable bonds is 4. The topological polar surface area (TPSA) is 33.2 Å². The van der Waals surface area contributed by atoms with Gasteiger partial charge in [0.2, 0.25) is 5.95 Å². The molecule has 20 heavy (non-hydrogen) atoms. The van der Waals surface area contributed by atoms with Crippen molar-refractivity contribution in [1.82, 2.24) is 9.88 Å². The minimum atomic E-state index is -0.722. The lowest BCUT2D eigenvalue weighted by molar-refractivity contribution is 0.0746. The van der Waals surface area contributed by atoms with Crippen LogP contribution in [0.5, 0.6) is 0 Å². The number of amides is 1. The Balaban J connectivity index is 2.20. The van der Waals surface area contributed by atoms with Gasteiger partial charge in [-0.3, -0.25) is 4.79 Å². The van der Waals surface area contributed by atoms with E-state index in [1.54, 1.807) is 11.0 Å². The minimum Gasteiger partial charge on any atom is -0.334 e. The fraction of sp³-hybridized carbons (Fsp3) is 0.250. The van der Waals surface area contributed by atoms with Crippen LogP contribution in [0.15, 0.2) is 42.6 Å². The second-order valence-corrected chi connectivity index (χ2v) is 4.65. The average molecular weight is 272 g/mol. The van der Waals surface area contributed by atoms with Gasteiger partial charge < -0.3 is 4.90 Å². The molecule has 1 aromatic carbocycles. The molecule has 0 spiro atoms. The maximum atomic E-state index is 13.6. The zero-order valence-corrected chi connectivity index (χ0v) is 11.6. The van der Waals surface area contributed by atoms with Crippen molar-refractivity contribution in [3.8, 4) is 0 Å². The van der Waals surface area contributed by atoms with Crippen LogP contribution in [0.25, 0.3) is 0 Å².